The maximum absolute atomic E-state index is 11.0. The van der Waals surface area contributed by atoms with Gasteiger partial charge in [0.15, 0.2) is 0 Å². The fourth-order valence-electron chi connectivity index (χ4n) is 3.42. The van der Waals surface area contributed by atoms with Gasteiger partial charge < -0.3 is 14.9 Å². The zero-order chi connectivity index (χ0) is 21.1. The largest absolute Gasteiger partial charge is 0.507 e. The first-order chi connectivity index (χ1) is 13.8. The number of hydrogen-bond acceptors (Lipinski definition) is 3. The summed E-state index contributed by atoms with van der Waals surface area (Å²) in [6.07, 6.45) is 7.70. The fourth-order valence-corrected chi connectivity index (χ4v) is 3.42. The SMILES string of the molecule is CC(C)=CCc1c(O)c(CC=C(C)C)c2c(c1O)CC=C(c1ccc(C)cc1)O2. The highest BCUT2D eigenvalue weighted by atomic mass is 16.5. The Kier molecular flexibility index (Phi) is 6.17. The van der Waals surface area contributed by atoms with Gasteiger partial charge in [-0.15, -0.1) is 0 Å². The number of phenols is 2. The van der Waals surface area contributed by atoms with Gasteiger partial charge in [0.1, 0.15) is 23.0 Å². The van der Waals surface area contributed by atoms with Crippen molar-refractivity contribution in [3.63, 3.8) is 0 Å². The number of hydrogen-bond donors (Lipinski definition) is 2. The lowest BCUT2D eigenvalue weighted by Crippen LogP contribution is -2.09. The van der Waals surface area contributed by atoms with Crippen molar-refractivity contribution in [2.45, 2.75) is 53.9 Å². The highest BCUT2D eigenvalue weighted by Gasteiger charge is 2.27. The molecule has 1 heterocycles. The van der Waals surface area contributed by atoms with E-state index in [9.17, 15) is 10.2 Å². The third kappa shape index (κ3) is 4.56. The van der Waals surface area contributed by atoms with E-state index in [4.69, 9.17) is 4.74 Å². The van der Waals surface area contributed by atoms with Crippen LogP contribution in [0.1, 0.15) is 55.5 Å². The van der Waals surface area contributed by atoms with Crippen LogP contribution in [0.4, 0.5) is 0 Å². The lowest BCUT2D eigenvalue weighted by atomic mass is 9.92. The van der Waals surface area contributed by atoms with E-state index in [2.05, 4.69) is 25.1 Å². The van der Waals surface area contributed by atoms with E-state index in [0.29, 0.717) is 30.6 Å². The summed E-state index contributed by atoms with van der Waals surface area (Å²) in [6.45, 7) is 10.1. The summed E-state index contributed by atoms with van der Waals surface area (Å²) in [5.41, 5.74) is 6.53. The minimum atomic E-state index is 0.126. The molecule has 2 aromatic carbocycles. The molecule has 0 spiro atoms. The van der Waals surface area contributed by atoms with Crippen LogP contribution in [0.25, 0.3) is 5.76 Å². The first kappa shape index (κ1) is 20.8. The number of ether oxygens (including phenoxy) is 1. The van der Waals surface area contributed by atoms with E-state index < -0.39 is 0 Å². The van der Waals surface area contributed by atoms with Crippen molar-refractivity contribution in [2.75, 3.05) is 0 Å². The molecule has 29 heavy (non-hydrogen) atoms. The van der Waals surface area contributed by atoms with Gasteiger partial charge in [-0.1, -0.05) is 53.1 Å². The second-order valence-corrected chi connectivity index (χ2v) is 8.17. The molecule has 0 saturated carbocycles. The van der Waals surface area contributed by atoms with Crippen LogP contribution in [0.15, 0.2) is 53.6 Å². The van der Waals surface area contributed by atoms with Crippen molar-refractivity contribution < 1.29 is 14.9 Å². The summed E-state index contributed by atoms with van der Waals surface area (Å²) in [4.78, 5) is 0. The van der Waals surface area contributed by atoms with Crippen molar-refractivity contribution in [3.8, 4) is 17.2 Å². The predicted molar refractivity (Wildman–Crippen MR) is 120 cm³/mol. The first-order valence-electron chi connectivity index (χ1n) is 10.1. The maximum Gasteiger partial charge on any atom is 0.141 e. The van der Waals surface area contributed by atoms with Crippen LogP contribution in [-0.4, -0.2) is 10.2 Å². The summed E-state index contributed by atoms with van der Waals surface area (Å²) in [5, 5.41) is 21.9. The van der Waals surface area contributed by atoms with E-state index in [1.807, 2.05) is 52.0 Å². The quantitative estimate of drug-likeness (QED) is 0.581. The lowest BCUT2D eigenvalue weighted by Gasteiger charge is -2.25. The molecule has 3 nitrogen and oxygen atoms in total. The van der Waals surface area contributed by atoms with Crippen LogP contribution < -0.4 is 4.74 Å². The Morgan fingerprint density at radius 3 is 2.07 bits per heavy atom. The summed E-state index contributed by atoms with van der Waals surface area (Å²) in [7, 11) is 0. The van der Waals surface area contributed by atoms with Crippen LogP contribution in [-0.2, 0) is 19.3 Å². The number of allylic oxidation sites excluding steroid dienone is 5. The zero-order valence-electron chi connectivity index (χ0n) is 18.0. The van der Waals surface area contributed by atoms with Crippen LogP contribution in [0.2, 0.25) is 0 Å². The highest BCUT2D eigenvalue weighted by molar-refractivity contribution is 5.71. The molecule has 2 aromatic rings. The van der Waals surface area contributed by atoms with E-state index in [-0.39, 0.29) is 11.5 Å². The zero-order valence-corrected chi connectivity index (χ0v) is 18.0. The summed E-state index contributed by atoms with van der Waals surface area (Å²) in [6, 6.07) is 8.17. The number of phenolic OH excluding ortho intramolecular Hbond substituents is 2. The molecule has 3 heteroatoms. The average Bonchev–Trinajstić information content (AvgIpc) is 2.67. The first-order valence-corrected chi connectivity index (χ1v) is 10.1. The average molecular weight is 391 g/mol. The Labute approximate surface area is 173 Å². The van der Waals surface area contributed by atoms with Gasteiger partial charge in [0.25, 0.3) is 0 Å². The van der Waals surface area contributed by atoms with Crippen LogP contribution in [0.3, 0.4) is 0 Å². The van der Waals surface area contributed by atoms with Gasteiger partial charge in [0.05, 0.1) is 0 Å². The van der Waals surface area contributed by atoms with Crippen LogP contribution in [0, 0.1) is 6.92 Å². The van der Waals surface area contributed by atoms with Gasteiger partial charge in [-0.25, -0.2) is 0 Å². The Morgan fingerprint density at radius 1 is 0.897 bits per heavy atom. The molecule has 1 aliphatic heterocycles. The Hall–Kier alpha value is -2.94. The molecule has 0 atom stereocenters. The molecule has 1 aliphatic rings. The summed E-state index contributed by atoms with van der Waals surface area (Å²) < 4.78 is 6.26. The Balaban J connectivity index is 2.10. The van der Waals surface area contributed by atoms with Crippen molar-refractivity contribution in [3.05, 3.63) is 81.5 Å². The molecule has 0 fully saturated rings. The number of aromatic hydroxyl groups is 2. The van der Waals surface area contributed by atoms with Gasteiger partial charge in [-0.05, 0) is 53.5 Å². The highest BCUT2D eigenvalue weighted by Crippen LogP contribution is 2.47. The Morgan fingerprint density at radius 2 is 1.48 bits per heavy atom. The third-order valence-electron chi connectivity index (χ3n) is 5.16. The topological polar surface area (TPSA) is 49.7 Å². The van der Waals surface area contributed by atoms with Crippen LogP contribution >= 0.6 is 0 Å². The molecular weight excluding hydrogens is 360 g/mol. The number of aryl methyl sites for hydroxylation is 1. The smallest absolute Gasteiger partial charge is 0.141 e. The number of fused-ring (bicyclic) bond motifs is 1. The van der Waals surface area contributed by atoms with Crippen LogP contribution in [0.5, 0.6) is 17.2 Å². The molecule has 0 radical (unpaired) electrons. The Bertz CT molecular complexity index is 997. The van der Waals surface area contributed by atoms with Crippen molar-refractivity contribution in [1.82, 2.24) is 0 Å². The molecule has 0 aromatic heterocycles. The summed E-state index contributed by atoms with van der Waals surface area (Å²) in [5.74, 6) is 1.60. The predicted octanol–water partition coefficient (Wildman–Crippen LogP) is 6.40. The van der Waals surface area contributed by atoms with Crippen molar-refractivity contribution in [1.29, 1.82) is 0 Å². The molecular formula is C26H30O3. The van der Waals surface area contributed by atoms with E-state index in [0.717, 1.165) is 28.0 Å². The van der Waals surface area contributed by atoms with Gasteiger partial charge in [0, 0.05) is 28.7 Å². The normalized spacial score (nSPS) is 12.5. The van der Waals surface area contributed by atoms with E-state index in [1.54, 1.807) is 0 Å². The monoisotopic (exact) mass is 390 g/mol. The molecule has 0 saturated heterocycles. The van der Waals surface area contributed by atoms with Gasteiger partial charge >= 0.3 is 0 Å². The van der Waals surface area contributed by atoms with Crippen molar-refractivity contribution in [2.24, 2.45) is 0 Å². The minimum absolute atomic E-state index is 0.126. The van der Waals surface area contributed by atoms with E-state index >= 15 is 0 Å². The molecule has 3 rings (SSSR count). The molecule has 0 amide bonds. The number of rotatable bonds is 5. The standard InChI is InChI=1S/C26H30O3/c1-16(2)6-12-20-24(27)21(13-7-17(3)4)26-22(25(20)28)14-15-23(29-26)19-10-8-18(5)9-11-19/h6-11,15,27-28H,12-14H2,1-5H3. The van der Waals surface area contributed by atoms with Gasteiger partial charge in [0.2, 0.25) is 0 Å². The van der Waals surface area contributed by atoms with E-state index in [1.165, 1.54) is 11.1 Å². The second kappa shape index (κ2) is 8.60. The maximum atomic E-state index is 11.0. The molecule has 152 valence electrons. The fraction of sp³-hybridized carbons (Fsp3) is 0.308. The molecule has 0 aliphatic carbocycles. The summed E-state index contributed by atoms with van der Waals surface area (Å²) >= 11 is 0. The minimum Gasteiger partial charge on any atom is -0.507 e. The third-order valence-corrected chi connectivity index (χ3v) is 5.16. The molecule has 2 N–H and O–H groups in total. The molecule has 0 unspecified atom stereocenters. The molecule has 0 bridgehead atoms. The number of benzene rings is 2. The lowest BCUT2D eigenvalue weighted by molar-refractivity contribution is 0.414. The second-order valence-electron chi connectivity index (χ2n) is 8.17. The van der Waals surface area contributed by atoms with Gasteiger partial charge in [-0.2, -0.15) is 0 Å². The van der Waals surface area contributed by atoms with Crippen molar-refractivity contribution >= 4 is 5.76 Å². The van der Waals surface area contributed by atoms with Gasteiger partial charge in [-0.3, -0.25) is 0 Å².